The molecule has 1 aromatic rings. The van der Waals surface area contributed by atoms with E-state index in [0.29, 0.717) is 0 Å². The van der Waals surface area contributed by atoms with E-state index in [9.17, 15) is 13.5 Å². The van der Waals surface area contributed by atoms with Gasteiger partial charge in [0.1, 0.15) is 4.90 Å². The van der Waals surface area contributed by atoms with E-state index in [0.717, 1.165) is 4.47 Å². The van der Waals surface area contributed by atoms with E-state index in [-0.39, 0.29) is 17.1 Å². The third-order valence-corrected chi connectivity index (χ3v) is 3.87. The second-order valence-corrected chi connectivity index (χ2v) is 4.80. The van der Waals surface area contributed by atoms with Gasteiger partial charge in [-0.3, -0.25) is 4.84 Å². The summed E-state index contributed by atoms with van der Waals surface area (Å²) in [5.74, 6) is -0.460. The third-order valence-electron chi connectivity index (χ3n) is 2.04. The van der Waals surface area contributed by atoms with E-state index >= 15 is 0 Å². The Morgan fingerprint density at radius 1 is 1.50 bits per heavy atom. The average Bonchev–Trinajstić information content (AvgIpc) is 2.23. The number of anilines is 1. The van der Waals surface area contributed by atoms with Crippen LogP contribution in [0.5, 0.6) is 5.75 Å². The van der Waals surface area contributed by atoms with Gasteiger partial charge >= 0.3 is 0 Å². The average molecular weight is 246 g/mol. The standard InChI is InChI=1S/C9H14N2O4S/c1-3-11(15-2)16(13,14)8-6-4-5-7(10)9(8)12/h4-6,12H,3,10H2,1-2H3. The Labute approximate surface area is 94.2 Å². The van der Waals surface area contributed by atoms with Crippen molar-refractivity contribution in [1.82, 2.24) is 4.47 Å². The number of hydrogen-bond acceptors (Lipinski definition) is 5. The van der Waals surface area contributed by atoms with Crippen LogP contribution in [0.2, 0.25) is 0 Å². The molecule has 0 radical (unpaired) electrons. The van der Waals surface area contributed by atoms with Crippen LogP contribution in [0.4, 0.5) is 5.69 Å². The summed E-state index contributed by atoms with van der Waals surface area (Å²) in [6.07, 6.45) is 0. The summed E-state index contributed by atoms with van der Waals surface area (Å²) >= 11 is 0. The van der Waals surface area contributed by atoms with Crippen LogP contribution >= 0.6 is 0 Å². The molecule has 16 heavy (non-hydrogen) atoms. The Bertz CT molecular complexity index is 468. The summed E-state index contributed by atoms with van der Waals surface area (Å²) in [4.78, 5) is 4.44. The smallest absolute Gasteiger partial charge is 0.268 e. The molecule has 0 aliphatic heterocycles. The van der Waals surface area contributed by atoms with E-state index in [1.165, 1.54) is 25.3 Å². The molecule has 3 N–H and O–H groups in total. The maximum absolute atomic E-state index is 12.0. The number of hydrogen-bond donors (Lipinski definition) is 2. The van der Waals surface area contributed by atoms with Gasteiger partial charge in [0.05, 0.1) is 12.8 Å². The van der Waals surface area contributed by atoms with Crippen molar-refractivity contribution in [2.45, 2.75) is 11.8 Å². The quantitative estimate of drug-likeness (QED) is 0.459. The second-order valence-electron chi connectivity index (χ2n) is 3.00. The highest BCUT2D eigenvalue weighted by Gasteiger charge is 2.26. The van der Waals surface area contributed by atoms with E-state index in [2.05, 4.69) is 0 Å². The molecule has 0 heterocycles. The van der Waals surface area contributed by atoms with Gasteiger partial charge < -0.3 is 10.8 Å². The number of aromatic hydroxyl groups is 1. The Morgan fingerprint density at radius 3 is 2.62 bits per heavy atom. The van der Waals surface area contributed by atoms with Gasteiger partial charge in [0, 0.05) is 6.54 Å². The molecule has 0 unspecified atom stereocenters. The number of nitrogens with two attached hydrogens (primary N) is 1. The van der Waals surface area contributed by atoms with E-state index < -0.39 is 15.8 Å². The van der Waals surface area contributed by atoms with Gasteiger partial charge in [-0.2, -0.15) is 0 Å². The lowest BCUT2D eigenvalue weighted by Gasteiger charge is -2.18. The van der Waals surface area contributed by atoms with Gasteiger partial charge in [0.2, 0.25) is 0 Å². The minimum atomic E-state index is -3.87. The normalized spacial score (nSPS) is 11.9. The molecule has 0 amide bonds. The number of rotatable bonds is 4. The van der Waals surface area contributed by atoms with Crippen molar-refractivity contribution < 1.29 is 18.4 Å². The number of nitrogen functional groups attached to an aromatic ring is 1. The fraction of sp³-hybridized carbons (Fsp3) is 0.333. The first kappa shape index (κ1) is 12.8. The second kappa shape index (κ2) is 4.69. The summed E-state index contributed by atoms with van der Waals surface area (Å²) in [6.45, 7) is 1.75. The highest BCUT2D eigenvalue weighted by atomic mass is 32.2. The lowest BCUT2D eigenvalue weighted by atomic mass is 10.3. The van der Waals surface area contributed by atoms with Crippen LogP contribution in [-0.2, 0) is 14.9 Å². The first-order valence-corrected chi connectivity index (χ1v) is 6.03. The van der Waals surface area contributed by atoms with Crippen molar-refractivity contribution in [1.29, 1.82) is 0 Å². The van der Waals surface area contributed by atoms with Crippen LogP contribution in [0, 0.1) is 0 Å². The molecule has 0 saturated carbocycles. The van der Waals surface area contributed by atoms with Gasteiger partial charge in [0.15, 0.2) is 5.75 Å². The molecule has 0 bridgehead atoms. The van der Waals surface area contributed by atoms with Gasteiger partial charge in [-0.1, -0.05) is 10.5 Å². The highest BCUT2D eigenvalue weighted by Crippen LogP contribution is 2.30. The van der Waals surface area contributed by atoms with Crippen LogP contribution in [0.15, 0.2) is 23.1 Å². The van der Waals surface area contributed by atoms with Gasteiger partial charge in [-0.25, -0.2) is 8.42 Å². The molecule has 0 spiro atoms. The summed E-state index contributed by atoms with van der Waals surface area (Å²) in [5.41, 5.74) is 5.43. The first-order valence-electron chi connectivity index (χ1n) is 4.59. The predicted molar refractivity (Wildman–Crippen MR) is 59.1 cm³/mol. The van der Waals surface area contributed by atoms with Gasteiger partial charge in [-0.05, 0) is 19.1 Å². The summed E-state index contributed by atoms with van der Waals surface area (Å²) < 4.78 is 24.7. The molecule has 7 heteroatoms. The number of nitrogens with zero attached hydrogens (tertiary/aromatic N) is 1. The molecule has 0 fully saturated rings. The zero-order valence-electron chi connectivity index (χ0n) is 9.04. The van der Waals surface area contributed by atoms with E-state index in [4.69, 9.17) is 10.6 Å². The highest BCUT2D eigenvalue weighted by molar-refractivity contribution is 7.89. The Morgan fingerprint density at radius 2 is 2.12 bits per heavy atom. The molecule has 6 nitrogen and oxygen atoms in total. The molecule has 0 aliphatic rings. The zero-order chi connectivity index (χ0) is 12.3. The predicted octanol–water partition coefficient (Wildman–Crippen LogP) is 0.546. The van der Waals surface area contributed by atoms with Crippen molar-refractivity contribution in [3.05, 3.63) is 18.2 Å². The lowest BCUT2D eigenvalue weighted by Crippen LogP contribution is -2.29. The van der Waals surface area contributed by atoms with Crippen molar-refractivity contribution in [2.24, 2.45) is 0 Å². The molecule has 0 atom stereocenters. The maximum atomic E-state index is 12.0. The third kappa shape index (κ3) is 2.11. The minimum Gasteiger partial charge on any atom is -0.504 e. The molecule has 0 aromatic heterocycles. The van der Waals surface area contributed by atoms with Crippen LogP contribution in [0.25, 0.3) is 0 Å². The number of phenols is 1. The first-order chi connectivity index (χ1) is 7.45. The molecular formula is C9H14N2O4S. The van der Waals surface area contributed by atoms with Crippen LogP contribution in [0.1, 0.15) is 6.92 Å². The topological polar surface area (TPSA) is 92.9 Å². The molecule has 1 rings (SSSR count). The fourth-order valence-electron chi connectivity index (χ4n) is 1.25. The SMILES string of the molecule is CCN(OC)S(=O)(=O)c1cccc(N)c1O. The Balaban J connectivity index is 3.33. The van der Waals surface area contributed by atoms with E-state index in [1.54, 1.807) is 6.92 Å². The summed E-state index contributed by atoms with van der Waals surface area (Å²) in [7, 11) is -2.63. The van der Waals surface area contributed by atoms with Gasteiger partial charge in [-0.15, -0.1) is 0 Å². The fourth-order valence-corrected chi connectivity index (χ4v) is 2.62. The van der Waals surface area contributed by atoms with Crippen molar-refractivity contribution in [3.8, 4) is 5.75 Å². The number of para-hydroxylation sites is 1. The van der Waals surface area contributed by atoms with Crippen molar-refractivity contribution in [3.63, 3.8) is 0 Å². The molecule has 0 saturated heterocycles. The van der Waals surface area contributed by atoms with Crippen molar-refractivity contribution >= 4 is 15.7 Å². The largest absolute Gasteiger partial charge is 0.504 e. The van der Waals surface area contributed by atoms with Crippen LogP contribution in [-0.4, -0.2) is 31.6 Å². The molecular weight excluding hydrogens is 232 g/mol. The number of sulfonamides is 1. The van der Waals surface area contributed by atoms with E-state index in [1.807, 2.05) is 0 Å². The van der Waals surface area contributed by atoms with Gasteiger partial charge in [0.25, 0.3) is 10.0 Å². The number of phenolic OH excluding ortho intramolecular Hbond substituents is 1. The maximum Gasteiger partial charge on any atom is 0.268 e. The minimum absolute atomic E-state index is 0.00762. The summed E-state index contributed by atoms with van der Waals surface area (Å²) in [6, 6.07) is 4.13. The monoisotopic (exact) mass is 246 g/mol. The lowest BCUT2D eigenvalue weighted by molar-refractivity contribution is -0.0443. The number of benzene rings is 1. The number of hydroxylamine groups is 1. The molecule has 1 aromatic carbocycles. The summed E-state index contributed by atoms with van der Waals surface area (Å²) in [5, 5.41) is 9.59. The van der Waals surface area contributed by atoms with Crippen molar-refractivity contribution in [2.75, 3.05) is 19.4 Å². The van der Waals surface area contributed by atoms with Crippen LogP contribution < -0.4 is 5.73 Å². The van der Waals surface area contributed by atoms with Crippen LogP contribution in [0.3, 0.4) is 0 Å². The zero-order valence-corrected chi connectivity index (χ0v) is 9.86. The Hall–Kier alpha value is -1.31. The Kier molecular flexibility index (Phi) is 3.74. The molecule has 90 valence electrons. The molecule has 0 aliphatic carbocycles.